The Hall–Kier alpha value is -3.26. The number of hydrogen-bond acceptors (Lipinski definition) is 6. The highest BCUT2D eigenvalue weighted by Gasteiger charge is 2.23. The maximum Gasteiger partial charge on any atom is 0.128 e. The molecule has 3 heterocycles. The van der Waals surface area contributed by atoms with Gasteiger partial charge in [-0.1, -0.05) is 35.9 Å². The van der Waals surface area contributed by atoms with Gasteiger partial charge in [-0.3, -0.25) is 4.98 Å². The lowest BCUT2D eigenvalue weighted by Crippen LogP contribution is -2.48. The van der Waals surface area contributed by atoms with Crippen LogP contribution in [-0.4, -0.2) is 47.5 Å². The van der Waals surface area contributed by atoms with E-state index in [0.29, 0.717) is 36.0 Å². The zero-order valence-corrected chi connectivity index (χ0v) is 20.0. The first-order valence-electron chi connectivity index (χ1n) is 11.6. The van der Waals surface area contributed by atoms with Crippen molar-refractivity contribution in [1.29, 1.82) is 0 Å². The number of fused-ring (bicyclic) bond motifs is 1. The van der Waals surface area contributed by atoms with Crippen LogP contribution in [0.1, 0.15) is 18.5 Å². The molecule has 2 N–H and O–H groups in total. The van der Waals surface area contributed by atoms with Crippen molar-refractivity contribution in [2.24, 2.45) is 0 Å². The van der Waals surface area contributed by atoms with Gasteiger partial charge in [0.1, 0.15) is 11.6 Å². The number of anilines is 2. The molecule has 0 radical (unpaired) electrons. The van der Waals surface area contributed by atoms with E-state index < -0.39 is 0 Å². The minimum Gasteiger partial charge on any atom is -0.394 e. The van der Waals surface area contributed by atoms with Gasteiger partial charge in [-0.15, -0.1) is 0 Å². The van der Waals surface area contributed by atoms with E-state index in [4.69, 9.17) is 16.3 Å². The minimum absolute atomic E-state index is 0.0168. The van der Waals surface area contributed by atoms with Crippen LogP contribution in [0.5, 0.6) is 0 Å². The fraction of sp³-hybridized carbons (Fsp3) is 0.259. The summed E-state index contributed by atoms with van der Waals surface area (Å²) in [6.45, 7) is 3.70. The quantitative estimate of drug-likeness (QED) is 0.372. The summed E-state index contributed by atoms with van der Waals surface area (Å²) < 4.78 is 19.8. The zero-order chi connectivity index (χ0) is 24.4. The molecule has 0 spiro atoms. The van der Waals surface area contributed by atoms with Crippen molar-refractivity contribution in [1.82, 2.24) is 9.97 Å². The number of halogens is 2. The Morgan fingerprint density at radius 1 is 1.14 bits per heavy atom. The van der Waals surface area contributed by atoms with Crippen LogP contribution in [0, 0.1) is 5.82 Å². The van der Waals surface area contributed by atoms with Crippen LogP contribution < -0.4 is 10.2 Å². The maximum absolute atomic E-state index is 14.3. The molecule has 0 bridgehead atoms. The fourth-order valence-electron chi connectivity index (χ4n) is 4.45. The summed E-state index contributed by atoms with van der Waals surface area (Å²) in [6, 6.07) is 16.3. The van der Waals surface area contributed by atoms with Gasteiger partial charge >= 0.3 is 0 Å². The number of hydrogen-bond donors (Lipinski definition) is 2. The van der Waals surface area contributed by atoms with Crippen molar-refractivity contribution in [3.8, 4) is 11.1 Å². The summed E-state index contributed by atoms with van der Waals surface area (Å²) >= 11 is 6.54. The number of rotatable bonds is 6. The highest BCUT2D eigenvalue weighted by molar-refractivity contribution is 6.34. The van der Waals surface area contributed by atoms with Crippen LogP contribution >= 0.6 is 11.6 Å². The molecule has 180 valence electrons. The van der Waals surface area contributed by atoms with Crippen molar-refractivity contribution in [2.75, 3.05) is 36.6 Å². The standard InChI is InChI=1S/C27H26ClFN4O2/c1-17(21-4-2-3-5-24(21)29)32-27-22-12-18(6-8-25(22)30-14-23(27)28)19-7-9-26(31-13-19)33-10-11-35-16-20(33)15-34/h2-9,12-14,17,20,34H,10-11,15-16H2,1H3,(H,30,32)/t17-,20?/m1/s1. The first-order valence-corrected chi connectivity index (χ1v) is 11.9. The third kappa shape index (κ3) is 4.80. The van der Waals surface area contributed by atoms with E-state index in [-0.39, 0.29) is 24.5 Å². The van der Waals surface area contributed by atoms with Gasteiger partial charge in [0.25, 0.3) is 0 Å². The van der Waals surface area contributed by atoms with Crippen LogP contribution in [-0.2, 0) is 4.74 Å². The lowest BCUT2D eigenvalue weighted by molar-refractivity contribution is 0.0723. The average Bonchev–Trinajstić information content (AvgIpc) is 2.90. The monoisotopic (exact) mass is 492 g/mol. The summed E-state index contributed by atoms with van der Waals surface area (Å²) in [5.41, 5.74) is 3.96. The second-order valence-electron chi connectivity index (χ2n) is 8.61. The molecule has 0 aliphatic carbocycles. The van der Waals surface area contributed by atoms with E-state index >= 15 is 0 Å². The molecule has 1 unspecified atom stereocenters. The summed E-state index contributed by atoms with van der Waals surface area (Å²) in [5.74, 6) is 0.542. The summed E-state index contributed by atoms with van der Waals surface area (Å²) in [4.78, 5) is 11.2. The molecule has 2 atom stereocenters. The van der Waals surface area contributed by atoms with E-state index in [9.17, 15) is 9.50 Å². The first-order chi connectivity index (χ1) is 17.0. The van der Waals surface area contributed by atoms with Crippen LogP contribution in [0.4, 0.5) is 15.9 Å². The number of nitrogens with one attached hydrogen (secondary N) is 1. The third-order valence-electron chi connectivity index (χ3n) is 6.37. The Labute approximate surface area is 208 Å². The van der Waals surface area contributed by atoms with Gasteiger partial charge in [-0.25, -0.2) is 9.37 Å². The molecular formula is C27H26ClFN4O2. The van der Waals surface area contributed by atoms with Crippen molar-refractivity contribution >= 4 is 34.0 Å². The van der Waals surface area contributed by atoms with Crippen molar-refractivity contribution in [3.63, 3.8) is 0 Å². The van der Waals surface area contributed by atoms with Gasteiger partial charge in [-0.2, -0.15) is 0 Å². The lowest BCUT2D eigenvalue weighted by Gasteiger charge is -2.35. The molecule has 1 fully saturated rings. The summed E-state index contributed by atoms with van der Waals surface area (Å²) in [6.07, 6.45) is 3.43. The highest BCUT2D eigenvalue weighted by Crippen LogP contribution is 2.35. The summed E-state index contributed by atoms with van der Waals surface area (Å²) in [7, 11) is 0. The van der Waals surface area contributed by atoms with E-state index in [1.165, 1.54) is 6.07 Å². The van der Waals surface area contributed by atoms with Crippen molar-refractivity contribution in [3.05, 3.63) is 83.4 Å². The number of aliphatic hydroxyl groups is 1. The third-order valence-corrected chi connectivity index (χ3v) is 6.65. The predicted molar refractivity (Wildman–Crippen MR) is 137 cm³/mol. The number of nitrogens with zero attached hydrogens (tertiary/aromatic N) is 3. The van der Waals surface area contributed by atoms with Crippen molar-refractivity contribution < 1.29 is 14.2 Å². The van der Waals surface area contributed by atoms with E-state index in [1.54, 1.807) is 18.3 Å². The Balaban J connectivity index is 1.47. The number of pyridine rings is 2. The number of aromatic nitrogens is 2. The molecule has 0 saturated carbocycles. The van der Waals surface area contributed by atoms with E-state index in [1.807, 2.05) is 49.5 Å². The average molecular weight is 493 g/mol. The largest absolute Gasteiger partial charge is 0.394 e. The Morgan fingerprint density at radius 3 is 2.74 bits per heavy atom. The van der Waals surface area contributed by atoms with E-state index in [0.717, 1.165) is 27.8 Å². The molecule has 35 heavy (non-hydrogen) atoms. The molecule has 6 nitrogen and oxygen atoms in total. The van der Waals surface area contributed by atoms with Crippen molar-refractivity contribution in [2.45, 2.75) is 19.0 Å². The first kappa shape index (κ1) is 23.5. The maximum atomic E-state index is 14.3. The van der Waals surface area contributed by atoms with Gasteiger partial charge in [0.2, 0.25) is 0 Å². The SMILES string of the molecule is C[C@@H](Nc1c(Cl)cnc2ccc(-c3ccc(N4CCOCC4CO)nc3)cc12)c1ccccc1F. The molecule has 4 aromatic rings. The van der Waals surface area contributed by atoms with Crippen LogP contribution in [0.15, 0.2) is 67.0 Å². The molecule has 2 aromatic heterocycles. The van der Waals surface area contributed by atoms with Gasteiger partial charge in [0, 0.05) is 35.5 Å². The molecule has 0 amide bonds. The number of ether oxygens (including phenoxy) is 1. The van der Waals surface area contributed by atoms with Gasteiger partial charge < -0.3 is 20.1 Å². The van der Waals surface area contributed by atoms with Crippen LogP contribution in [0.25, 0.3) is 22.0 Å². The Morgan fingerprint density at radius 2 is 1.97 bits per heavy atom. The number of aliphatic hydroxyl groups excluding tert-OH is 1. The van der Waals surface area contributed by atoms with Gasteiger partial charge in [0.15, 0.2) is 0 Å². The Kier molecular flexibility index (Phi) is 6.81. The van der Waals surface area contributed by atoms with Crippen LogP contribution in [0.2, 0.25) is 5.02 Å². The summed E-state index contributed by atoms with van der Waals surface area (Å²) in [5, 5.41) is 14.4. The molecule has 1 saturated heterocycles. The fourth-order valence-corrected chi connectivity index (χ4v) is 4.65. The van der Waals surface area contributed by atoms with Gasteiger partial charge in [0.05, 0.1) is 48.1 Å². The van der Waals surface area contributed by atoms with Gasteiger partial charge in [-0.05, 0) is 42.8 Å². The minimum atomic E-state index is -0.295. The van der Waals surface area contributed by atoms with Crippen LogP contribution in [0.3, 0.4) is 0 Å². The predicted octanol–water partition coefficient (Wildman–Crippen LogP) is 5.46. The second-order valence-corrected chi connectivity index (χ2v) is 9.02. The number of morpholine rings is 1. The van der Waals surface area contributed by atoms with E-state index in [2.05, 4.69) is 20.2 Å². The zero-order valence-electron chi connectivity index (χ0n) is 19.3. The number of benzene rings is 2. The lowest BCUT2D eigenvalue weighted by atomic mass is 10.0. The molecule has 1 aliphatic heterocycles. The second kappa shape index (κ2) is 10.2. The highest BCUT2D eigenvalue weighted by atomic mass is 35.5. The molecule has 5 rings (SSSR count). The molecule has 8 heteroatoms. The molecular weight excluding hydrogens is 467 g/mol. The molecule has 2 aromatic carbocycles. The normalized spacial score (nSPS) is 16.9. The molecule has 1 aliphatic rings. The smallest absolute Gasteiger partial charge is 0.128 e. The Bertz CT molecular complexity index is 1330. The topological polar surface area (TPSA) is 70.5 Å².